The highest BCUT2D eigenvalue weighted by atomic mass is 32.2. The Morgan fingerprint density at radius 3 is 2.61 bits per heavy atom. The lowest BCUT2D eigenvalue weighted by molar-refractivity contribution is 0.588. The summed E-state index contributed by atoms with van der Waals surface area (Å²) in [5, 5.41) is 6.71. The van der Waals surface area contributed by atoms with Gasteiger partial charge >= 0.3 is 0 Å². The highest BCUT2D eigenvalue weighted by molar-refractivity contribution is 7.89. The SMILES string of the molecule is CNS(=O)(=O)c1ccc(NCC2CCCN2)cc1. The Kier molecular flexibility index (Phi) is 4.21. The Labute approximate surface area is 108 Å². The minimum Gasteiger partial charge on any atom is -0.383 e. The predicted molar refractivity (Wildman–Crippen MR) is 72.2 cm³/mol. The molecule has 1 saturated heterocycles. The van der Waals surface area contributed by atoms with E-state index in [9.17, 15) is 8.42 Å². The summed E-state index contributed by atoms with van der Waals surface area (Å²) in [6.07, 6.45) is 2.42. The van der Waals surface area contributed by atoms with Gasteiger partial charge in [-0.1, -0.05) is 0 Å². The average molecular weight is 269 g/mol. The third-order valence-corrected chi connectivity index (χ3v) is 4.58. The molecule has 6 heteroatoms. The van der Waals surface area contributed by atoms with Crippen molar-refractivity contribution in [1.29, 1.82) is 0 Å². The molecule has 0 aromatic heterocycles. The van der Waals surface area contributed by atoms with Crippen molar-refractivity contribution in [3.8, 4) is 0 Å². The third-order valence-electron chi connectivity index (χ3n) is 3.15. The second-order valence-corrected chi connectivity index (χ2v) is 6.29. The van der Waals surface area contributed by atoms with Crippen molar-refractivity contribution in [2.45, 2.75) is 23.8 Å². The monoisotopic (exact) mass is 269 g/mol. The summed E-state index contributed by atoms with van der Waals surface area (Å²) in [6.45, 7) is 1.96. The van der Waals surface area contributed by atoms with Crippen molar-refractivity contribution < 1.29 is 8.42 Å². The number of hydrogen-bond acceptors (Lipinski definition) is 4. The highest BCUT2D eigenvalue weighted by Gasteiger charge is 2.14. The molecule has 1 aromatic rings. The van der Waals surface area contributed by atoms with Crippen molar-refractivity contribution in [3.05, 3.63) is 24.3 Å². The molecule has 1 atom stereocenters. The molecule has 0 aliphatic carbocycles. The smallest absolute Gasteiger partial charge is 0.240 e. The molecule has 1 aliphatic rings. The van der Waals surface area contributed by atoms with Crippen LogP contribution in [0.1, 0.15) is 12.8 Å². The maximum atomic E-state index is 11.5. The Morgan fingerprint density at radius 2 is 2.06 bits per heavy atom. The molecule has 0 bridgehead atoms. The number of sulfonamides is 1. The first-order valence-electron chi connectivity index (χ1n) is 6.13. The van der Waals surface area contributed by atoms with E-state index in [1.54, 1.807) is 24.3 Å². The van der Waals surface area contributed by atoms with Crippen molar-refractivity contribution in [2.75, 3.05) is 25.5 Å². The van der Waals surface area contributed by atoms with Crippen LogP contribution in [0.2, 0.25) is 0 Å². The molecule has 1 fully saturated rings. The number of anilines is 1. The molecule has 18 heavy (non-hydrogen) atoms. The fourth-order valence-corrected chi connectivity index (χ4v) is 2.77. The Hall–Kier alpha value is -1.11. The summed E-state index contributed by atoms with van der Waals surface area (Å²) in [6, 6.07) is 7.32. The number of rotatable bonds is 5. The fourth-order valence-electron chi connectivity index (χ4n) is 2.04. The largest absolute Gasteiger partial charge is 0.383 e. The van der Waals surface area contributed by atoms with Crippen molar-refractivity contribution >= 4 is 15.7 Å². The van der Waals surface area contributed by atoms with Gasteiger partial charge in [-0.2, -0.15) is 0 Å². The summed E-state index contributed by atoms with van der Waals surface area (Å²) in [5.74, 6) is 0. The van der Waals surface area contributed by atoms with Gasteiger partial charge in [0.15, 0.2) is 0 Å². The normalized spacial score (nSPS) is 19.9. The fraction of sp³-hybridized carbons (Fsp3) is 0.500. The standard InChI is InChI=1S/C12H19N3O2S/c1-13-18(16,17)12-6-4-10(5-7-12)15-9-11-3-2-8-14-11/h4-7,11,13-15H,2-3,8-9H2,1H3. The highest BCUT2D eigenvalue weighted by Crippen LogP contribution is 2.14. The lowest BCUT2D eigenvalue weighted by Crippen LogP contribution is -2.29. The van der Waals surface area contributed by atoms with Crippen LogP contribution < -0.4 is 15.4 Å². The Morgan fingerprint density at radius 1 is 1.33 bits per heavy atom. The lowest BCUT2D eigenvalue weighted by atomic mass is 10.2. The van der Waals surface area contributed by atoms with Crippen molar-refractivity contribution in [1.82, 2.24) is 10.0 Å². The summed E-state index contributed by atoms with van der Waals surface area (Å²) in [4.78, 5) is 0.287. The molecule has 100 valence electrons. The van der Waals surface area contributed by atoms with Crippen LogP contribution in [0.25, 0.3) is 0 Å². The topological polar surface area (TPSA) is 70.2 Å². The molecule has 1 aromatic carbocycles. The zero-order valence-corrected chi connectivity index (χ0v) is 11.3. The average Bonchev–Trinajstić information content (AvgIpc) is 2.90. The van der Waals surface area contributed by atoms with Gasteiger partial charge in [-0.25, -0.2) is 13.1 Å². The van der Waals surface area contributed by atoms with Gasteiger partial charge in [-0.15, -0.1) is 0 Å². The summed E-state index contributed by atoms with van der Waals surface area (Å²) in [5.41, 5.74) is 0.943. The van der Waals surface area contributed by atoms with Crippen LogP contribution in [-0.2, 0) is 10.0 Å². The van der Waals surface area contributed by atoms with Gasteiger partial charge in [0, 0.05) is 18.3 Å². The van der Waals surface area contributed by atoms with Crippen molar-refractivity contribution in [2.24, 2.45) is 0 Å². The second-order valence-electron chi connectivity index (χ2n) is 4.41. The molecule has 0 spiro atoms. The van der Waals surface area contributed by atoms with Crippen LogP contribution in [0.4, 0.5) is 5.69 Å². The first-order chi connectivity index (χ1) is 8.62. The molecule has 0 saturated carbocycles. The molecule has 0 amide bonds. The summed E-state index contributed by atoms with van der Waals surface area (Å²) in [7, 11) is -1.93. The van der Waals surface area contributed by atoms with E-state index in [2.05, 4.69) is 15.4 Å². The predicted octanol–water partition coefficient (Wildman–Crippen LogP) is 0.759. The molecule has 5 nitrogen and oxygen atoms in total. The molecular formula is C12H19N3O2S. The van der Waals surface area contributed by atoms with Gasteiger partial charge in [0.05, 0.1) is 4.90 Å². The zero-order valence-electron chi connectivity index (χ0n) is 10.4. The van der Waals surface area contributed by atoms with E-state index in [-0.39, 0.29) is 4.90 Å². The van der Waals surface area contributed by atoms with Crippen LogP contribution in [-0.4, -0.2) is 34.6 Å². The molecule has 1 heterocycles. The third kappa shape index (κ3) is 3.22. The summed E-state index contributed by atoms with van der Waals surface area (Å²) >= 11 is 0. The molecular weight excluding hydrogens is 250 g/mol. The van der Waals surface area contributed by atoms with Gasteiger partial charge in [-0.3, -0.25) is 0 Å². The van der Waals surface area contributed by atoms with E-state index in [1.807, 2.05) is 0 Å². The van der Waals surface area contributed by atoms with Crippen molar-refractivity contribution in [3.63, 3.8) is 0 Å². The molecule has 0 radical (unpaired) electrons. The molecule has 1 aliphatic heterocycles. The number of hydrogen-bond donors (Lipinski definition) is 3. The maximum absolute atomic E-state index is 11.5. The van der Waals surface area contributed by atoms with Gasteiger partial charge in [0.1, 0.15) is 0 Å². The quantitative estimate of drug-likeness (QED) is 0.738. The van der Waals surface area contributed by atoms with Crippen LogP contribution in [0.15, 0.2) is 29.2 Å². The van der Waals surface area contributed by atoms with E-state index in [1.165, 1.54) is 19.9 Å². The van der Waals surface area contributed by atoms with Crippen LogP contribution >= 0.6 is 0 Å². The summed E-state index contributed by atoms with van der Waals surface area (Å²) < 4.78 is 25.4. The molecule has 1 unspecified atom stereocenters. The van der Waals surface area contributed by atoms with E-state index >= 15 is 0 Å². The van der Waals surface area contributed by atoms with Gasteiger partial charge < -0.3 is 10.6 Å². The van der Waals surface area contributed by atoms with E-state index < -0.39 is 10.0 Å². The molecule has 2 rings (SSSR count). The maximum Gasteiger partial charge on any atom is 0.240 e. The Bertz CT molecular complexity index is 479. The second kappa shape index (κ2) is 5.69. The van der Waals surface area contributed by atoms with E-state index in [0.717, 1.165) is 18.8 Å². The first kappa shape index (κ1) is 13.3. The molecule has 3 N–H and O–H groups in total. The zero-order chi connectivity index (χ0) is 13.0. The minimum atomic E-state index is -3.34. The van der Waals surface area contributed by atoms with Gasteiger partial charge in [0.25, 0.3) is 0 Å². The first-order valence-corrected chi connectivity index (χ1v) is 7.61. The van der Waals surface area contributed by atoms with E-state index in [0.29, 0.717) is 6.04 Å². The lowest BCUT2D eigenvalue weighted by Gasteiger charge is -2.12. The van der Waals surface area contributed by atoms with Gasteiger partial charge in [0.2, 0.25) is 10.0 Å². The number of nitrogens with one attached hydrogen (secondary N) is 3. The van der Waals surface area contributed by atoms with E-state index in [4.69, 9.17) is 0 Å². The van der Waals surface area contributed by atoms with Crippen LogP contribution in [0.3, 0.4) is 0 Å². The Balaban J connectivity index is 1.95. The van der Waals surface area contributed by atoms with Crippen LogP contribution in [0.5, 0.6) is 0 Å². The number of benzene rings is 1. The van der Waals surface area contributed by atoms with Crippen LogP contribution in [0, 0.1) is 0 Å². The van der Waals surface area contributed by atoms with Gasteiger partial charge in [-0.05, 0) is 50.7 Å². The minimum absolute atomic E-state index is 0.287.